The normalized spacial score (nSPS) is 9.12. The molecule has 0 aliphatic rings. The molecule has 0 saturated heterocycles. The van der Waals surface area contributed by atoms with Crippen molar-refractivity contribution < 1.29 is 9.90 Å². The van der Waals surface area contributed by atoms with E-state index >= 15 is 0 Å². The maximum atomic E-state index is 11.6. The Hall–Kier alpha value is -1.99. The highest BCUT2D eigenvalue weighted by Gasteiger charge is 2.05. The van der Waals surface area contributed by atoms with Crippen molar-refractivity contribution in [3.63, 3.8) is 0 Å². The summed E-state index contributed by atoms with van der Waals surface area (Å²) in [6.45, 7) is 2.42. The first-order valence-electron chi connectivity index (χ1n) is 5.39. The molecular weight excluding hydrogens is 216 g/mol. The maximum absolute atomic E-state index is 11.6. The maximum Gasteiger partial charge on any atom is 0.321 e. The van der Waals surface area contributed by atoms with Crippen LogP contribution in [0, 0.1) is 11.8 Å². The Labute approximate surface area is 101 Å². The molecule has 0 spiro atoms. The Morgan fingerprint density at radius 1 is 1.41 bits per heavy atom. The van der Waals surface area contributed by atoms with Gasteiger partial charge in [0.2, 0.25) is 0 Å². The van der Waals surface area contributed by atoms with E-state index in [0.29, 0.717) is 6.54 Å². The van der Waals surface area contributed by atoms with E-state index in [0.717, 1.165) is 11.3 Å². The lowest BCUT2D eigenvalue weighted by atomic mass is 10.2. The lowest BCUT2D eigenvalue weighted by Crippen LogP contribution is -2.30. The molecule has 2 N–H and O–H groups in total. The van der Waals surface area contributed by atoms with Gasteiger partial charge in [-0.25, -0.2) is 4.79 Å². The smallest absolute Gasteiger partial charge is 0.321 e. The number of carbonyl (C=O) groups excluding carboxylic acids is 1. The highest BCUT2D eigenvalue weighted by atomic mass is 16.2. The van der Waals surface area contributed by atoms with Gasteiger partial charge in [0.1, 0.15) is 6.61 Å². The Bertz CT molecular complexity index is 429. The SMILES string of the molecule is CCN(C)C(=O)Nc1ccc(C#CCO)cc1. The summed E-state index contributed by atoms with van der Waals surface area (Å²) in [4.78, 5) is 13.1. The molecule has 0 aromatic heterocycles. The number of nitrogens with one attached hydrogen (secondary N) is 1. The molecule has 0 fully saturated rings. The number of urea groups is 1. The van der Waals surface area contributed by atoms with E-state index in [1.54, 1.807) is 36.2 Å². The molecule has 90 valence electrons. The van der Waals surface area contributed by atoms with Gasteiger partial charge in [0.25, 0.3) is 0 Å². The topological polar surface area (TPSA) is 52.6 Å². The predicted octanol–water partition coefficient (Wildman–Crippen LogP) is 1.51. The second-order valence-electron chi connectivity index (χ2n) is 3.48. The summed E-state index contributed by atoms with van der Waals surface area (Å²) in [6, 6.07) is 7.02. The zero-order valence-electron chi connectivity index (χ0n) is 10.0. The van der Waals surface area contributed by atoms with Crippen LogP contribution in [0.15, 0.2) is 24.3 Å². The largest absolute Gasteiger partial charge is 0.384 e. The van der Waals surface area contributed by atoms with Gasteiger partial charge in [-0.05, 0) is 31.2 Å². The second kappa shape index (κ2) is 6.56. The number of nitrogens with zero attached hydrogens (tertiary/aromatic N) is 1. The monoisotopic (exact) mass is 232 g/mol. The number of rotatable bonds is 2. The van der Waals surface area contributed by atoms with E-state index < -0.39 is 0 Å². The zero-order valence-corrected chi connectivity index (χ0v) is 10.0. The fourth-order valence-corrected chi connectivity index (χ4v) is 1.14. The summed E-state index contributed by atoms with van der Waals surface area (Å²) >= 11 is 0. The summed E-state index contributed by atoms with van der Waals surface area (Å²) in [5.41, 5.74) is 1.53. The Morgan fingerprint density at radius 2 is 2.06 bits per heavy atom. The molecule has 1 aromatic rings. The molecule has 0 aliphatic heterocycles. The molecule has 17 heavy (non-hydrogen) atoms. The first-order valence-corrected chi connectivity index (χ1v) is 5.39. The summed E-state index contributed by atoms with van der Waals surface area (Å²) in [5.74, 6) is 5.35. The summed E-state index contributed by atoms with van der Waals surface area (Å²) in [5, 5.41) is 11.3. The third-order valence-electron chi connectivity index (χ3n) is 2.27. The fraction of sp³-hybridized carbons (Fsp3) is 0.308. The van der Waals surface area contributed by atoms with E-state index in [9.17, 15) is 4.79 Å². The standard InChI is InChI=1S/C13H16N2O2/c1-3-15(2)13(17)14-12-8-6-11(7-9-12)5-4-10-16/h6-9,16H,3,10H2,1-2H3,(H,14,17). The summed E-state index contributed by atoms with van der Waals surface area (Å²) in [7, 11) is 1.73. The van der Waals surface area contributed by atoms with Crippen molar-refractivity contribution >= 4 is 11.7 Å². The van der Waals surface area contributed by atoms with Gasteiger partial charge in [-0.2, -0.15) is 0 Å². The van der Waals surface area contributed by atoms with Gasteiger partial charge in [-0.3, -0.25) is 0 Å². The van der Waals surface area contributed by atoms with Crippen LogP contribution in [0.5, 0.6) is 0 Å². The molecule has 0 unspecified atom stereocenters. The van der Waals surface area contributed by atoms with Crippen molar-refractivity contribution in [3.8, 4) is 11.8 Å². The van der Waals surface area contributed by atoms with Crippen molar-refractivity contribution in [2.45, 2.75) is 6.92 Å². The highest BCUT2D eigenvalue weighted by Crippen LogP contribution is 2.09. The van der Waals surface area contributed by atoms with E-state index in [4.69, 9.17) is 5.11 Å². The Balaban J connectivity index is 2.65. The molecule has 0 radical (unpaired) electrons. The number of anilines is 1. The zero-order chi connectivity index (χ0) is 12.7. The van der Waals surface area contributed by atoms with Crippen LogP contribution in [0.25, 0.3) is 0 Å². The minimum absolute atomic E-state index is 0.137. The average molecular weight is 232 g/mol. The molecule has 2 amide bonds. The molecule has 0 heterocycles. The van der Waals surface area contributed by atoms with Gasteiger partial charge in [-0.15, -0.1) is 0 Å². The number of aliphatic hydroxyl groups is 1. The molecular formula is C13H16N2O2. The van der Waals surface area contributed by atoms with Crippen molar-refractivity contribution in [1.82, 2.24) is 4.90 Å². The number of amides is 2. The first kappa shape index (κ1) is 13.1. The van der Waals surface area contributed by atoms with Crippen molar-refractivity contribution in [2.24, 2.45) is 0 Å². The van der Waals surface area contributed by atoms with Gasteiger partial charge in [-0.1, -0.05) is 11.8 Å². The van der Waals surface area contributed by atoms with Gasteiger partial charge >= 0.3 is 6.03 Å². The minimum atomic E-state index is -0.153. The minimum Gasteiger partial charge on any atom is -0.384 e. The van der Waals surface area contributed by atoms with Crippen LogP contribution in [0.3, 0.4) is 0 Å². The van der Waals surface area contributed by atoms with Crippen molar-refractivity contribution in [2.75, 3.05) is 25.5 Å². The molecule has 1 aromatic carbocycles. The Kier molecular flexibility index (Phi) is 5.05. The molecule has 4 heteroatoms. The number of aliphatic hydroxyl groups excluding tert-OH is 1. The van der Waals surface area contributed by atoms with E-state index in [1.807, 2.05) is 6.92 Å². The van der Waals surface area contributed by atoms with Crippen LogP contribution in [-0.4, -0.2) is 36.2 Å². The average Bonchev–Trinajstić information content (AvgIpc) is 2.37. The second-order valence-corrected chi connectivity index (χ2v) is 3.48. The van der Waals surface area contributed by atoms with Crippen molar-refractivity contribution in [1.29, 1.82) is 0 Å². The number of benzene rings is 1. The van der Waals surface area contributed by atoms with Crippen LogP contribution < -0.4 is 5.32 Å². The quantitative estimate of drug-likeness (QED) is 0.759. The number of hydrogen-bond donors (Lipinski definition) is 2. The lowest BCUT2D eigenvalue weighted by molar-refractivity contribution is 0.224. The molecule has 0 aliphatic carbocycles. The van der Waals surface area contributed by atoms with Crippen LogP contribution >= 0.6 is 0 Å². The third kappa shape index (κ3) is 4.17. The molecule has 0 bridgehead atoms. The fourth-order valence-electron chi connectivity index (χ4n) is 1.14. The van der Waals surface area contributed by atoms with Crippen LogP contribution in [0.1, 0.15) is 12.5 Å². The van der Waals surface area contributed by atoms with Gasteiger partial charge in [0, 0.05) is 24.8 Å². The van der Waals surface area contributed by atoms with Crippen LogP contribution in [0.2, 0.25) is 0 Å². The highest BCUT2D eigenvalue weighted by molar-refractivity contribution is 5.89. The van der Waals surface area contributed by atoms with Crippen LogP contribution in [0.4, 0.5) is 10.5 Å². The summed E-state index contributed by atoms with van der Waals surface area (Å²) < 4.78 is 0. The molecule has 1 rings (SSSR count). The molecule has 4 nitrogen and oxygen atoms in total. The Morgan fingerprint density at radius 3 is 2.59 bits per heavy atom. The number of hydrogen-bond acceptors (Lipinski definition) is 2. The van der Waals surface area contributed by atoms with Gasteiger partial charge < -0.3 is 15.3 Å². The summed E-state index contributed by atoms with van der Waals surface area (Å²) in [6.07, 6.45) is 0. The molecule has 0 atom stereocenters. The van der Waals surface area contributed by atoms with Crippen LogP contribution in [-0.2, 0) is 0 Å². The molecule has 0 saturated carbocycles. The van der Waals surface area contributed by atoms with E-state index in [-0.39, 0.29) is 12.6 Å². The first-order chi connectivity index (χ1) is 8.17. The van der Waals surface area contributed by atoms with Gasteiger partial charge in [0.05, 0.1) is 0 Å². The number of carbonyl (C=O) groups is 1. The van der Waals surface area contributed by atoms with Gasteiger partial charge in [0.15, 0.2) is 0 Å². The van der Waals surface area contributed by atoms with E-state index in [2.05, 4.69) is 17.2 Å². The third-order valence-corrected chi connectivity index (χ3v) is 2.27. The van der Waals surface area contributed by atoms with Crippen molar-refractivity contribution in [3.05, 3.63) is 29.8 Å². The predicted molar refractivity (Wildman–Crippen MR) is 67.7 cm³/mol. The lowest BCUT2D eigenvalue weighted by Gasteiger charge is -2.15. The van der Waals surface area contributed by atoms with E-state index in [1.165, 1.54) is 0 Å².